The highest BCUT2D eigenvalue weighted by atomic mass is 15.3. The number of hydrogen-bond donors (Lipinski definition) is 0. The van der Waals surface area contributed by atoms with Gasteiger partial charge in [0.1, 0.15) is 5.70 Å². The van der Waals surface area contributed by atoms with Gasteiger partial charge in [-0.1, -0.05) is 42.1 Å². The van der Waals surface area contributed by atoms with E-state index in [1.54, 1.807) is 5.47 Å². The van der Waals surface area contributed by atoms with E-state index >= 15 is 0 Å². The number of allylic oxidation sites excluding steroid dienone is 5. The normalized spacial score (nSPS) is 27.3. The van der Waals surface area contributed by atoms with Gasteiger partial charge in [0, 0.05) is 0 Å². The topological polar surface area (TPSA) is 6.25 Å². The molecule has 0 amide bonds. The van der Waals surface area contributed by atoms with Gasteiger partial charge in [-0.3, -0.25) is 0 Å². The Kier molecular flexibility index (Phi) is 3.02. The first-order valence-corrected chi connectivity index (χ1v) is 8.08. The van der Waals surface area contributed by atoms with Gasteiger partial charge in [-0.15, -0.1) is 0 Å². The van der Waals surface area contributed by atoms with E-state index in [0.717, 1.165) is 13.0 Å². The minimum atomic E-state index is 0.474. The van der Waals surface area contributed by atoms with Crippen LogP contribution in [0.3, 0.4) is 0 Å². The third-order valence-corrected chi connectivity index (χ3v) is 5.09. The molecule has 0 N–H and O–H groups in total. The molecule has 0 fully saturated rings. The van der Waals surface area contributed by atoms with Crippen LogP contribution in [-0.4, -0.2) is 28.6 Å². The maximum absolute atomic E-state index is 2.48. The van der Waals surface area contributed by atoms with Crippen molar-refractivity contribution in [3.8, 4) is 0 Å². The molecule has 0 aromatic carbocycles. The lowest BCUT2D eigenvalue weighted by atomic mass is 9.40. The molecule has 106 valence electrons. The number of fused-ring (bicyclic) bond motifs is 2. The lowest BCUT2D eigenvalue weighted by Gasteiger charge is -2.25. The predicted octanol–water partition coefficient (Wildman–Crippen LogP) is 3.46. The molecule has 4 aliphatic rings. The average Bonchev–Trinajstić information content (AvgIpc) is 2.85. The van der Waals surface area contributed by atoms with Gasteiger partial charge >= 0.3 is 0 Å². The summed E-state index contributed by atoms with van der Waals surface area (Å²) in [5.74, 6) is 6.96. The zero-order valence-electron chi connectivity index (χ0n) is 12.9. The lowest BCUT2D eigenvalue weighted by molar-refractivity contribution is -0.444. The predicted molar refractivity (Wildman–Crippen MR) is 88.9 cm³/mol. The maximum atomic E-state index is 2.48. The van der Waals surface area contributed by atoms with Gasteiger partial charge in [0.25, 0.3) is 5.84 Å². The number of hydrogen-bond acceptors (Lipinski definition) is 1. The molecule has 0 radical (unpaired) electrons. The second-order valence-corrected chi connectivity index (χ2v) is 6.54. The Morgan fingerprint density at radius 1 is 1.33 bits per heavy atom. The fourth-order valence-electron chi connectivity index (χ4n) is 4.07. The zero-order valence-corrected chi connectivity index (χ0v) is 12.9. The van der Waals surface area contributed by atoms with Crippen LogP contribution in [0.1, 0.15) is 33.1 Å². The summed E-state index contributed by atoms with van der Waals surface area (Å²) >= 11 is 0. The molecule has 21 heavy (non-hydrogen) atoms. The van der Waals surface area contributed by atoms with Crippen LogP contribution in [0.2, 0.25) is 0 Å². The first-order chi connectivity index (χ1) is 10.2. The summed E-state index contributed by atoms with van der Waals surface area (Å²) in [7, 11) is 0. The molecular formula is C18H22BN2+. The Balaban J connectivity index is 1.66. The summed E-state index contributed by atoms with van der Waals surface area (Å²) in [4.78, 5) is 2.40. The molecule has 3 heteroatoms. The van der Waals surface area contributed by atoms with Crippen LogP contribution < -0.4 is 0 Å². The standard InChI is InChI=1S/C18H22BN2/c1-14-6-5-7-15(2)18(14)19-9-11-21-16(12-19)13-20-10-4-3-8-17(20)21/h4-6,9-12,15H,3,7-8,13H2,1-2H3/q+1. The smallest absolute Gasteiger partial charge is 0.230 e. The molecule has 0 saturated heterocycles. The highest BCUT2D eigenvalue weighted by molar-refractivity contribution is 6.77. The van der Waals surface area contributed by atoms with E-state index in [9.17, 15) is 0 Å². The second kappa shape index (κ2) is 4.90. The average molecular weight is 277 g/mol. The number of amidine groups is 1. The van der Waals surface area contributed by atoms with Gasteiger partial charge in [0.05, 0.1) is 18.8 Å². The first-order valence-electron chi connectivity index (χ1n) is 8.08. The molecule has 1 atom stereocenters. The van der Waals surface area contributed by atoms with Crippen molar-refractivity contribution in [2.45, 2.75) is 33.1 Å². The first kappa shape index (κ1) is 12.9. The van der Waals surface area contributed by atoms with Crippen LogP contribution in [0.25, 0.3) is 0 Å². The fourth-order valence-corrected chi connectivity index (χ4v) is 4.07. The van der Waals surface area contributed by atoms with Gasteiger partial charge in [-0.2, -0.15) is 0 Å². The van der Waals surface area contributed by atoms with Crippen molar-refractivity contribution in [3.05, 3.63) is 59.3 Å². The summed E-state index contributed by atoms with van der Waals surface area (Å²) in [5, 5.41) is 0. The number of rotatable bonds is 1. The van der Waals surface area contributed by atoms with E-state index in [-0.39, 0.29) is 0 Å². The van der Waals surface area contributed by atoms with Crippen molar-refractivity contribution < 1.29 is 4.58 Å². The monoisotopic (exact) mass is 277 g/mol. The number of nitrogens with zero attached hydrogens (tertiary/aromatic N) is 2. The SMILES string of the molecule is CC1=C(B2C=CN3C(=C2)C[N+]2=C3CCC=C2)C(C)CC=C1. The molecule has 1 aliphatic carbocycles. The molecule has 0 aromatic heterocycles. The van der Waals surface area contributed by atoms with Crippen molar-refractivity contribution >= 4 is 12.5 Å². The summed E-state index contributed by atoms with van der Waals surface area (Å²) in [5.41, 5.74) is 4.51. The molecule has 4 rings (SSSR count). The van der Waals surface area contributed by atoms with Gasteiger partial charge < -0.3 is 0 Å². The second-order valence-electron chi connectivity index (χ2n) is 6.54. The fraction of sp³-hybridized carbons (Fsp3) is 0.389. The van der Waals surface area contributed by atoms with Crippen molar-refractivity contribution in [2.75, 3.05) is 6.54 Å². The van der Waals surface area contributed by atoms with Crippen LogP contribution >= 0.6 is 0 Å². The summed E-state index contributed by atoms with van der Waals surface area (Å²) in [6.45, 7) is 6.12. The third kappa shape index (κ3) is 2.07. The highest BCUT2D eigenvalue weighted by Gasteiger charge is 2.38. The Hall–Kier alpha value is -1.77. The van der Waals surface area contributed by atoms with Crippen molar-refractivity contribution in [1.82, 2.24) is 4.90 Å². The van der Waals surface area contributed by atoms with E-state index in [1.807, 2.05) is 0 Å². The molecular weight excluding hydrogens is 255 g/mol. The molecule has 3 aliphatic heterocycles. The minimum Gasteiger partial charge on any atom is -0.230 e. The van der Waals surface area contributed by atoms with E-state index < -0.39 is 0 Å². The van der Waals surface area contributed by atoms with Gasteiger partial charge in [0.15, 0.2) is 6.54 Å². The molecule has 0 bridgehead atoms. The Morgan fingerprint density at radius 3 is 3.10 bits per heavy atom. The lowest BCUT2D eigenvalue weighted by Crippen LogP contribution is -2.30. The minimum absolute atomic E-state index is 0.474. The van der Waals surface area contributed by atoms with E-state index in [0.29, 0.717) is 12.6 Å². The van der Waals surface area contributed by atoms with Gasteiger partial charge in [-0.05, 0) is 31.8 Å². The molecule has 1 unspecified atom stereocenters. The van der Waals surface area contributed by atoms with Crippen LogP contribution in [0.15, 0.2) is 59.3 Å². The van der Waals surface area contributed by atoms with Crippen LogP contribution in [0, 0.1) is 5.92 Å². The van der Waals surface area contributed by atoms with Crippen LogP contribution in [0.4, 0.5) is 0 Å². The van der Waals surface area contributed by atoms with E-state index in [1.165, 1.54) is 29.9 Å². The Morgan fingerprint density at radius 2 is 2.24 bits per heavy atom. The Bertz CT molecular complexity index is 661. The van der Waals surface area contributed by atoms with Crippen molar-refractivity contribution in [3.63, 3.8) is 0 Å². The third-order valence-electron chi connectivity index (χ3n) is 5.09. The van der Waals surface area contributed by atoms with Gasteiger partial charge in [0.2, 0.25) is 6.71 Å². The summed E-state index contributed by atoms with van der Waals surface area (Å²) in [6, 6.07) is 0. The summed E-state index contributed by atoms with van der Waals surface area (Å²) in [6.07, 6.45) is 14.9. The molecule has 0 spiro atoms. The largest absolute Gasteiger partial charge is 0.261 e. The van der Waals surface area contributed by atoms with Crippen molar-refractivity contribution in [1.29, 1.82) is 0 Å². The van der Waals surface area contributed by atoms with Gasteiger partial charge in [-0.25, -0.2) is 9.48 Å². The van der Waals surface area contributed by atoms with Crippen LogP contribution in [0.5, 0.6) is 0 Å². The molecule has 2 nitrogen and oxygen atoms in total. The highest BCUT2D eigenvalue weighted by Crippen LogP contribution is 2.32. The molecule has 0 saturated carbocycles. The molecule has 3 heterocycles. The van der Waals surface area contributed by atoms with Crippen LogP contribution in [-0.2, 0) is 0 Å². The molecule has 0 aromatic rings. The van der Waals surface area contributed by atoms with E-state index in [4.69, 9.17) is 0 Å². The van der Waals surface area contributed by atoms with Crippen molar-refractivity contribution in [2.24, 2.45) is 5.92 Å². The Labute approximate surface area is 127 Å². The maximum Gasteiger partial charge on any atom is 0.261 e. The quantitative estimate of drug-likeness (QED) is 0.525. The summed E-state index contributed by atoms with van der Waals surface area (Å²) < 4.78 is 2.40. The zero-order chi connectivity index (χ0) is 14.4. The van der Waals surface area contributed by atoms with E-state index in [2.05, 4.69) is 65.9 Å².